The van der Waals surface area contributed by atoms with E-state index in [4.69, 9.17) is 5.73 Å². The molecular weight excluding hydrogens is 170 g/mol. The monoisotopic (exact) mass is 191 g/mol. The van der Waals surface area contributed by atoms with Crippen molar-refractivity contribution in [3.8, 4) is 0 Å². The molecule has 1 heteroatoms. The van der Waals surface area contributed by atoms with E-state index in [1.165, 1.54) is 5.57 Å². The lowest BCUT2D eigenvalue weighted by Crippen LogP contribution is -2.30. The molecule has 0 aromatic carbocycles. The molecule has 0 aliphatic carbocycles. The van der Waals surface area contributed by atoms with Crippen molar-refractivity contribution in [1.29, 1.82) is 0 Å². The zero-order valence-corrected chi connectivity index (χ0v) is 9.62. The van der Waals surface area contributed by atoms with E-state index in [-0.39, 0.29) is 5.54 Å². The molecule has 0 bridgehead atoms. The molecule has 0 saturated carbocycles. The fraction of sp³-hybridized carbons (Fsp3) is 0.385. The molecule has 1 atom stereocenters. The highest BCUT2D eigenvalue weighted by atomic mass is 14.7. The van der Waals surface area contributed by atoms with Crippen LogP contribution in [0.3, 0.4) is 0 Å². The first kappa shape index (κ1) is 12.9. The van der Waals surface area contributed by atoms with Crippen LogP contribution in [-0.2, 0) is 0 Å². The van der Waals surface area contributed by atoms with Crippen LogP contribution < -0.4 is 5.73 Å². The molecule has 0 spiro atoms. The van der Waals surface area contributed by atoms with Gasteiger partial charge in [-0.15, -0.1) is 0 Å². The van der Waals surface area contributed by atoms with Gasteiger partial charge in [-0.25, -0.2) is 0 Å². The van der Waals surface area contributed by atoms with Crippen LogP contribution in [0, 0.1) is 0 Å². The Bertz CT molecular complexity index is 265. The smallest absolute Gasteiger partial charge is 0.0501 e. The summed E-state index contributed by atoms with van der Waals surface area (Å²) < 4.78 is 0. The Morgan fingerprint density at radius 3 is 2.29 bits per heavy atom. The molecule has 78 valence electrons. The molecule has 1 unspecified atom stereocenters. The Morgan fingerprint density at radius 2 is 1.79 bits per heavy atom. The molecule has 0 aliphatic rings. The minimum absolute atomic E-state index is 0.348. The van der Waals surface area contributed by atoms with Crippen molar-refractivity contribution in [3.05, 3.63) is 48.1 Å². The van der Waals surface area contributed by atoms with Gasteiger partial charge in [-0.2, -0.15) is 0 Å². The Balaban J connectivity index is 4.50. The first-order chi connectivity index (χ1) is 6.52. The van der Waals surface area contributed by atoms with Gasteiger partial charge >= 0.3 is 0 Å². The SMILES string of the molecule is C\C=C/C=C\C(C)=C/C(C)(N)/C=C/C. The molecule has 0 amide bonds. The third-order valence-corrected chi connectivity index (χ3v) is 1.73. The predicted molar refractivity (Wildman–Crippen MR) is 65.1 cm³/mol. The highest BCUT2D eigenvalue weighted by Gasteiger charge is 2.08. The van der Waals surface area contributed by atoms with Gasteiger partial charge < -0.3 is 5.73 Å². The second-order valence-corrected chi connectivity index (χ2v) is 3.64. The van der Waals surface area contributed by atoms with Crippen LogP contribution in [0.4, 0.5) is 0 Å². The van der Waals surface area contributed by atoms with Crippen LogP contribution in [0.1, 0.15) is 27.7 Å². The molecule has 0 saturated heterocycles. The highest BCUT2D eigenvalue weighted by molar-refractivity contribution is 5.27. The van der Waals surface area contributed by atoms with Crippen LogP contribution >= 0.6 is 0 Å². The average molecular weight is 191 g/mol. The summed E-state index contributed by atoms with van der Waals surface area (Å²) in [5, 5.41) is 0. The second-order valence-electron chi connectivity index (χ2n) is 3.64. The van der Waals surface area contributed by atoms with Crippen molar-refractivity contribution in [2.24, 2.45) is 5.73 Å². The van der Waals surface area contributed by atoms with E-state index in [2.05, 4.69) is 13.0 Å². The standard InChI is InChI=1S/C13H21N/c1-5-7-8-9-12(3)11-13(4,14)10-6-2/h5-11H,14H2,1-4H3/b7-5-,9-8-,10-6+,12-11-. The molecular formula is C13H21N. The van der Waals surface area contributed by atoms with Gasteiger partial charge in [0.05, 0.1) is 5.54 Å². The maximum absolute atomic E-state index is 6.02. The van der Waals surface area contributed by atoms with Gasteiger partial charge in [0, 0.05) is 0 Å². The minimum atomic E-state index is -0.348. The third-order valence-electron chi connectivity index (χ3n) is 1.73. The molecule has 0 radical (unpaired) electrons. The second kappa shape index (κ2) is 6.39. The van der Waals surface area contributed by atoms with Crippen LogP contribution in [0.2, 0.25) is 0 Å². The summed E-state index contributed by atoms with van der Waals surface area (Å²) in [6.45, 7) is 8.01. The van der Waals surface area contributed by atoms with Crippen molar-refractivity contribution >= 4 is 0 Å². The summed E-state index contributed by atoms with van der Waals surface area (Å²) in [6, 6.07) is 0. The van der Waals surface area contributed by atoms with E-state index in [1.54, 1.807) is 0 Å². The maximum atomic E-state index is 6.02. The number of rotatable bonds is 4. The van der Waals surface area contributed by atoms with Crippen molar-refractivity contribution in [2.45, 2.75) is 33.2 Å². The van der Waals surface area contributed by atoms with Gasteiger partial charge in [-0.1, -0.05) is 48.1 Å². The molecule has 0 aromatic rings. The van der Waals surface area contributed by atoms with E-state index in [0.717, 1.165) is 0 Å². The molecule has 0 rings (SSSR count). The van der Waals surface area contributed by atoms with E-state index >= 15 is 0 Å². The Morgan fingerprint density at radius 1 is 1.14 bits per heavy atom. The summed E-state index contributed by atoms with van der Waals surface area (Å²) >= 11 is 0. The normalized spacial score (nSPS) is 18.5. The summed E-state index contributed by atoms with van der Waals surface area (Å²) in [4.78, 5) is 0. The van der Waals surface area contributed by atoms with Crippen LogP contribution in [0.5, 0.6) is 0 Å². The number of hydrogen-bond acceptors (Lipinski definition) is 1. The number of nitrogens with two attached hydrogens (primary N) is 1. The Labute approximate surface area is 87.7 Å². The Kier molecular flexibility index (Phi) is 5.89. The molecule has 2 N–H and O–H groups in total. The van der Waals surface area contributed by atoms with Gasteiger partial charge in [0.25, 0.3) is 0 Å². The van der Waals surface area contributed by atoms with Gasteiger partial charge in [0.15, 0.2) is 0 Å². The zero-order chi connectivity index (χ0) is 11.0. The van der Waals surface area contributed by atoms with E-state index in [1.807, 2.05) is 57.2 Å². The lowest BCUT2D eigenvalue weighted by atomic mass is 10.00. The number of allylic oxidation sites excluding steroid dienone is 6. The third kappa shape index (κ3) is 6.44. The van der Waals surface area contributed by atoms with E-state index < -0.39 is 0 Å². The largest absolute Gasteiger partial charge is 0.319 e. The Hall–Kier alpha value is -1.08. The fourth-order valence-electron chi connectivity index (χ4n) is 1.26. The average Bonchev–Trinajstić information content (AvgIpc) is 2.03. The zero-order valence-electron chi connectivity index (χ0n) is 9.62. The predicted octanol–water partition coefficient (Wildman–Crippen LogP) is 3.36. The molecule has 0 aliphatic heterocycles. The molecule has 14 heavy (non-hydrogen) atoms. The van der Waals surface area contributed by atoms with Crippen LogP contribution in [-0.4, -0.2) is 5.54 Å². The van der Waals surface area contributed by atoms with Crippen LogP contribution in [0.15, 0.2) is 48.1 Å². The van der Waals surface area contributed by atoms with Gasteiger partial charge in [0.1, 0.15) is 0 Å². The minimum Gasteiger partial charge on any atom is -0.319 e. The van der Waals surface area contributed by atoms with E-state index in [9.17, 15) is 0 Å². The first-order valence-corrected chi connectivity index (χ1v) is 4.93. The molecule has 1 nitrogen and oxygen atoms in total. The maximum Gasteiger partial charge on any atom is 0.0501 e. The summed E-state index contributed by atoms with van der Waals surface area (Å²) in [5.41, 5.74) is 6.84. The van der Waals surface area contributed by atoms with Gasteiger partial charge in [-0.05, 0) is 27.7 Å². The first-order valence-electron chi connectivity index (χ1n) is 4.93. The number of hydrogen-bond donors (Lipinski definition) is 1. The highest BCUT2D eigenvalue weighted by Crippen LogP contribution is 2.08. The van der Waals surface area contributed by atoms with Crippen molar-refractivity contribution < 1.29 is 0 Å². The van der Waals surface area contributed by atoms with Crippen molar-refractivity contribution in [3.63, 3.8) is 0 Å². The van der Waals surface area contributed by atoms with E-state index in [0.29, 0.717) is 0 Å². The summed E-state index contributed by atoms with van der Waals surface area (Å²) in [6.07, 6.45) is 14.1. The lowest BCUT2D eigenvalue weighted by Gasteiger charge is -2.15. The molecule has 0 heterocycles. The van der Waals surface area contributed by atoms with Gasteiger partial charge in [-0.3, -0.25) is 0 Å². The molecule has 0 fully saturated rings. The summed E-state index contributed by atoms with van der Waals surface area (Å²) in [5.74, 6) is 0. The van der Waals surface area contributed by atoms with Crippen molar-refractivity contribution in [2.75, 3.05) is 0 Å². The quantitative estimate of drug-likeness (QED) is 0.535. The molecule has 0 aromatic heterocycles. The fourth-order valence-corrected chi connectivity index (χ4v) is 1.26. The van der Waals surface area contributed by atoms with Crippen LogP contribution in [0.25, 0.3) is 0 Å². The van der Waals surface area contributed by atoms with Gasteiger partial charge in [0.2, 0.25) is 0 Å². The topological polar surface area (TPSA) is 26.0 Å². The summed E-state index contributed by atoms with van der Waals surface area (Å²) in [7, 11) is 0. The van der Waals surface area contributed by atoms with Crippen molar-refractivity contribution in [1.82, 2.24) is 0 Å². The lowest BCUT2D eigenvalue weighted by molar-refractivity contribution is 0.729.